The summed E-state index contributed by atoms with van der Waals surface area (Å²) < 4.78 is 15.9. The molecule has 0 radical (unpaired) electrons. The van der Waals surface area contributed by atoms with Gasteiger partial charge in [0.15, 0.2) is 11.5 Å². The Hall–Kier alpha value is -2.87. The Kier molecular flexibility index (Phi) is 6.30. The van der Waals surface area contributed by atoms with E-state index in [2.05, 4.69) is 5.32 Å². The second-order valence-corrected chi connectivity index (χ2v) is 7.06. The predicted octanol–water partition coefficient (Wildman–Crippen LogP) is 2.87. The van der Waals surface area contributed by atoms with Crippen molar-refractivity contribution in [3.63, 3.8) is 0 Å². The van der Waals surface area contributed by atoms with Gasteiger partial charge in [0.2, 0.25) is 11.7 Å². The number of rotatable bonds is 6. The van der Waals surface area contributed by atoms with Gasteiger partial charge in [0, 0.05) is 29.1 Å². The molecule has 0 saturated carbocycles. The maximum absolute atomic E-state index is 12.9. The number of nitrogens with zero attached hydrogens (tertiary/aromatic N) is 1. The Bertz CT molecular complexity index is 834. The van der Waals surface area contributed by atoms with Crippen LogP contribution in [0.2, 0.25) is 0 Å². The third kappa shape index (κ3) is 4.01. The average molecular weight is 402 g/mol. The number of hydrogen-bond donors (Lipinski definition) is 1. The molecule has 1 aliphatic heterocycles. The van der Waals surface area contributed by atoms with Gasteiger partial charge in [0.25, 0.3) is 5.91 Å². The van der Waals surface area contributed by atoms with Crippen LogP contribution in [0.15, 0.2) is 42.5 Å². The van der Waals surface area contributed by atoms with Crippen LogP contribution in [0.3, 0.4) is 0 Å². The second-order valence-electron chi connectivity index (χ2n) is 6.06. The lowest BCUT2D eigenvalue weighted by Crippen LogP contribution is -2.44. The highest BCUT2D eigenvalue weighted by molar-refractivity contribution is 7.99. The molecule has 0 aromatic heterocycles. The molecule has 2 aromatic rings. The number of nitrogens with one attached hydrogen (secondary N) is 1. The smallest absolute Gasteiger partial charge is 0.255 e. The molecule has 3 rings (SSSR count). The van der Waals surface area contributed by atoms with Gasteiger partial charge in [-0.3, -0.25) is 9.59 Å². The summed E-state index contributed by atoms with van der Waals surface area (Å²) in [6.45, 7) is 0. The summed E-state index contributed by atoms with van der Waals surface area (Å²) in [5, 5.41) is 2.86. The summed E-state index contributed by atoms with van der Waals surface area (Å²) in [6, 6.07) is 11.7. The van der Waals surface area contributed by atoms with E-state index in [1.807, 2.05) is 6.07 Å². The van der Waals surface area contributed by atoms with Gasteiger partial charge in [-0.2, -0.15) is 0 Å². The molecule has 1 fully saturated rings. The molecule has 1 saturated heterocycles. The lowest BCUT2D eigenvalue weighted by Gasteiger charge is -2.23. The van der Waals surface area contributed by atoms with Crippen molar-refractivity contribution in [3.05, 3.63) is 48.0 Å². The van der Waals surface area contributed by atoms with Crippen molar-refractivity contribution in [2.45, 2.75) is 6.04 Å². The number of benzene rings is 2. The maximum Gasteiger partial charge on any atom is 0.255 e. The number of amides is 2. The number of anilines is 1. The molecule has 148 valence electrons. The number of hydrogen-bond acceptors (Lipinski definition) is 6. The van der Waals surface area contributed by atoms with E-state index in [1.54, 1.807) is 53.1 Å². The molecule has 0 spiro atoms. The molecule has 7 nitrogen and oxygen atoms in total. The van der Waals surface area contributed by atoms with Gasteiger partial charge in [0.05, 0.1) is 27.2 Å². The Morgan fingerprint density at radius 1 is 1.04 bits per heavy atom. The topological polar surface area (TPSA) is 77.1 Å². The molecule has 1 atom stereocenters. The van der Waals surface area contributed by atoms with Crippen LogP contribution < -0.4 is 19.5 Å². The molecular weight excluding hydrogens is 380 g/mol. The van der Waals surface area contributed by atoms with Crippen molar-refractivity contribution in [3.8, 4) is 17.2 Å². The van der Waals surface area contributed by atoms with Gasteiger partial charge < -0.3 is 24.4 Å². The van der Waals surface area contributed by atoms with Crippen LogP contribution >= 0.6 is 11.8 Å². The van der Waals surface area contributed by atoms with Crippen molar-refractivity contribution < 1.29 is 23.8 Å². The van der Waals surface area contributed by atoms with Crippen molar-refractivity contribution in [2.75, 3.05) is 38.3 Å². The van der Waals surface area contributed by atoms with E-state index in [4.69, 9.17) is 14.2 Å². The molecule has 0 aliphatic carbocycles. The van der Waals surface area contributed by atoms with Crippen LogP contribution in [0.4, 0.5) is 5.69 Å². The molecule has 1 heterocycles. The van der Waals surface area contributed by atoms with E-state index in [1.165, 1.54) is 21.3 Å². The Morgan fingerprint density at radius 3 is 2.25 bits per heavy atom. The first kappa shape index (κ1) is 19.9. The highest BCUT2D eigenvalue weighted by Gasteiger charge is 2.35. The molecule has 2 aromatic carbocycles. The van der Waals surface area contributed by atoms with E-state index in [-0.39, 0.29) is 11.8 Å². The van der Waals surface area contributed by atoms with Gasteiger partial charge in [-0.05, 0) is 12.1 Å². The van der Waals surface area contributed by atoms with Crippen LogP contribution in [0.1, 0.15) is 10.4 Å². The molecule has 8 heteroatoms. The minimum Gasteiger partial charge on any atom is -0.493 e. The molecule has 1 unspecified atom stereocenters. The second kappa shape index (κ2) is 8.88. The Balaban J connectivity index is 1.79. The van der Waals surface area contributed by atoms with E-state index < -0.39 is 6.04 Å². The zero-order valence-electron chi connectivity index (χ0n) is 15.9. The fourth-order valence-electron chi connectivity index (χ4n) is 2.99. The minimum atomic E-state index is -0.559. The molecule has 28 heavy (non-hydrogen) atoms. The number of ether oxygens (including phenoxy) is 3. The molecule has 0 bridgehead atoms. The largest absolute Gasteiger partial charge is 0.493 e. The van der Waals surface area contributed by atoms with Gasteiger partial charge in [0.1, 0.15) is 6.04 Å². The third-order valence-corrected chi connectivity index (χ3v) is 5.41. The van der Waals surface area contributed by atoms with Crippen molar-refractivity contribution in [2.24, 2.45) is 0 Å². The zero-order chi connectivity index (χ0) is 20.1. The van der Waals surface area contributed by atoms with Gasteiger partial charge in [-0.25, -0.2) is 0 Å². The highest BCUT2D eigenvalue weighted by Crippen LogP contribution is 2.40. The molecule has 1 aliphatic rings. The SMILES string of the molecule is COc1cc(NC(=O)C2CSCN2C(=O)c2ccccc2)cc(OC)c1OC. The van der Waals surface area contributed by atoms with Crippen LogP contribution in [-0.4, -0.2) is 55.7 Å². The van der Waals surface area contributed by atoms with E-state index in [9.17, 15) is 9.59 Å². The standard InChI is InChI=1S/C20H22N2O5S/c1-25-16-9-14(10-17(26-2)18(16)27-3)21-19(23)15-11-28-12-22(15)20(24)13-7-5-4-6-8-13/h4-10,15H,11-12H2,1-3H3,(H,21,23). The quantitative estimate of drug-likeness (QED) is 0.801. The zero-order valence-corrected chi connectivity index (χ0v) is 16.7. The van der Waals surface area contributed by atoms with Gasteiger partial charge >= 0.3 is 0 Å². The van der Waals surface area contributed by atoms with Crippen molar-refractivity contribution in [1.82, 2.24) is 4.90 Å². The fourth-order valence-corrected chi connectivity index (χ4v) is 4.14. The van der Waals surface area contributed by atoms with Crippen LogP contribution in [0.25, 0.3) is 0 Å². The first-order valence-electron chi connectivity index (χ1n) is 8.63. The summed E-state index contributed by atoms with van der Waals surface area (Å²) >= 11 is 1.55. The third-order valence-electron chi connectivity index (χ3n) is 4.40. The molecule has 2 amide bonds. The van der Waals surface area contributed by atoms with Crippen molar-refractivity contribution >= 4 is 29.3 Å². The Labute approximate surface area is 167 Å². The highest BCUT2D eigenvalue weighted by atomic mass is 32.2. The van der Waals surface area contributed by atoms with Crippen molar-refractivity contribution in [1.29, 1.82) is 0 Å². The predicted molar refractivity (Wildman–Crippen MR) is 108 cm³/mol. The molecule has 1 N–H and O–H groups in total. The summed E-state index contributed by atoms with van der Waals surface area (Å²) in [7, 11) is 4.54. The van der Waals surface area contributed by atoms with Crippen LogP contribution in [0, 0.1) is 0 Å². The number of methoxy groups -OCH3 is 3. The average Bonchev–Trinajstić information content (AvgIpc) is 3.23. The van der Waals surface area contributed by atoms with Gasteiger partial charge in [-0.15, -0.1) is 11.8 Å². The molecular formula is C20H22N2O5S. The van der Waals surface area contributed by atoms with E-state index >= 15 is 0 Å². The monoisotopic (exact) mass is 402 g/mol. The van der Waals surface area contributed by atoms with E-state index in [0.29, 0.717) is 40.1 Å². The number of thioether (sulfide) groups is 1. The van der Waals surface area contributed by atoms with Crippen LogP contribution in [0.5, 0.6) is 17.2 Å². The fraction of sp³-hybridized carbons (Fsp3) is 0.300. The van der Waals surface area contributed by atoms with Gasteiger partial charge in [-0.1, -0.05) is 18.2 Å². The summed E-state index contributed by atoms with van der Waals surface area (Å²) in [4.78, 5) is 27.2. The van der Waals surface area contributed by atoms with E-state index in [0.717, 1.165) is 0 Å². The summed E-state index contributed by atoms with van der Waals surface area (Å²) in [5.74, 6) is 1.92. The summed E-state index contributed by atoms with van der Waals surface area (Å²) in [5.41, 5.74) is 1.07. The number of carbonyl (C=O) groups excluding carboxylic acids is 2. The lowest BCUT2D eigenvalue weighted by atomic mass is 10.1. The normalized spacial score (nSPS) is 15.8. The van der Waals surface area contributed by atoms with Crippen LogP contribution in [-0.2, 0) is 4.79 Å². The maximum atomic E-state index is 12.9. The first-order chi connectivity index (χ1) is 13.6. The summed E-state index contributed by atoms with van der Waals surface area (Å²) in [6.07, 6.45) is 0. The Morgan fingerprint density at radius 2 is 1.68 bits per heavy atom. The number of carbonyl (C=O) groups is 2. The minimum absolute atomic E-state index is 0.157. The lowest BCUT2D eigenvalue weighted by molar-refractivity contribution is -0.119. The first-order valence-corrected chi connectivity index (χ1v) is 9.79.